The molecule has 92 valence electrons. The predicted molar refractivity (Wildman–Crippen MR) is 71.6 cm³/mol. The van der Waals surface area contributed by atoms with E-state index in [9.17, 15) is 4.79 Å². The predicted octanol–water partition coefficient (Wildman–Crippen LogP) is 2.66. The molecule has 1 heterocycles. The van der Waals surface area contributed by atoms with Gasteiger partial charge >= 0.3 is 0 Å². The minimum Gasteiger partial charge on any atom is -0.372 e. The zero-order valence-corrected chi connectivity index (χ0v) is 10.6. The van der Waals surface area contributed by atoms with Gasteiger partial charge in [0.2, 0.25) is 5.91 Å². The van der Waals surface area contributed by atoms with Crippen molar-refractivity contribution in [3.63, 3.8) is 0 Å². The summed E-state index contributed by atoms with van der Waals surface area (Å²) in [6.45, 7) is 3.89. The summed E-state index contributed by atoms with van der Waals surface area (Å²) in [6, 6.07) is 8.26. The molecule has 0 aliphatic carbocycles. The second kappa shape index (κ2) is 5.21. The molecule has 0 saturated carbocycles. The van der Waals surface area contributed by atoms with Crippen LogP contribution in [0.1, 0.15) is 26.2 Å². The second-order valence-electron chi connectivity index (χ2n) is 4.64. The summed E-state index contributed by atoms with van der Waals surface area (Å²) in [5.74, 6) is 0.0655. The molecule has 0 spiro atoms. The Bertz CT molecular complexity index is 380. The van der Waals surface area contributed by atoms with E-state index in [1.807, 2.05) is 12.1 Å². The third-order valence-corrected chi connectivity index (χ3v) is 3.43. The van der Waals surface area contributed by atoms with Crippen LogP contribution >= 0.6 is 0 Å². The average molecular weight is 232 g/mol. The van der Waals surface area contributed by atoms with Gasteiger partial charge in [0.05, 0.1) is 0 Å². The highest BCUT2D eigenvalue weighted by Gasteiger charge is 2.11. The molecule has 1 aromatic rings. The first-order chi connectivity index (χ1) is 8.18. The fourth-order valence-electron chi connectivity index (χ4n) is 2.22. The molecule has 1 fully saturated rings. The van der Waals surface area contributed by atoms with E-state index in [1.54, 1.807) is 18.9 Å². The molecule has 0 unspecified atom stereocenters. The van der Waals surface area contributed by atoms with Gasteiger partial charge in [0, 0.05) is 38.4 Å². The largest absolute Gasteiger partial charge is 0.372 e. The summed E-state index contributed by atoms with van der Waals surface area (Å²) in [5, 5.41) is 0. The molecule has 1 saturated heterocycles. The highest BCUT2D eigenvalue weighted by atomic mass is 16.2. The first-order valence-electron chi connectivity index (χ1n) is 6.28. The summed E-state index contributed by atoms with van der Waals surface area (Å²) in [7, 11) is 1.80. The van der Waals surface area contributed by atoms with Crippen molar-refractivity contribution in [3.8, 4) is 0 Å². The van der Waals surface area contributed by atoms with Crippen LogP contribution in [0.4, 0.5) is 11.4 Å². The lowest BCUT2D eigenvalue weighted by molar-refractivity contribution is -0.116. The van der Waals surface area contributed by atoms with Crippen molar-refractivity contribution in [3.05, 3.63) is 24.3 Å². The van der Waals surface area contributed by atoms with E-state index < -0.39 is 0 Å². The van der Waals surface area contributed by atoms with Crippen LogP contribution < -0.4 is 9.80 Å². The monoisotopic (exact) mass is 232 g/mol. The molecule has 0 radical (unpaired) electrons. The van der Waals surface area contributed by atoms with E-state index >= 15 is 0 Å². The van der Waals surface area contributed by atoms with Crippen LogP contribution in [0.2, 0.25) is 0 Å². The number of carbonyl (C=O) groups is 1. The number of rotatable bonds is 2. The number of piperidine rings is 1. The van der Waals surface area contributed by atoms with Crippen molar-refractivity contribution in [1.82, 2.24) is 0 Å². The Labute approximate surface area is 103 Å². The quantitative estimate of drug-likeness (QED) is 0.782. The van der Waals surface area contributed by atoms with E-state index in [-0.39, 0.29) is 5.91 Å². The molecule has 1 aliphatic heterocycles. The SMILES string of the molecule is CC(=O)N(C)c1ccc(N2CCCCC2)cc1. The van der Waals surface area contributed by atoms with Crippen LogP contribution in [0, 0.1) is 0 Å². The summed E-state index contributed by atoms with van der Waals surface area (Å²) in [6.07, 6.45) is 3.92. The number of hydrogen-bond donors (Lipinski definition) is 0. The van der Waals surface area contributed by atoms with Gasteiger partial charge < -0.3 is 9.80 Å². The molecule has 0 atom stereocenters. The van der Waals surface area contributed by atoms with Crippen molar-refractivity contribution in [2.24, 2.45) is 0 Å². The Balaban J connectivity index is 2.09. The van der Waals surface area contributed by atoms with E-state index in [0.717, 1.165) is 18.8 Å². The summed E-state index contributed by atoms with van der Waals surface area (Å²) in [5.41, 5.74) is 2.23. The molecular formula is C14H20N2O. The highest BCUT2D eigenvalue weighted by molar-refractivity contribution is 5.91. The van der Waals surface area contributed by atoms with Crippen molar-refractivity contribution >= 4 is 17.3 Å². The summed E-state index contributed by atoms with van der Waals surface area (Å²) >= 11 is 0. The van der Waals surface area contributed by atoms with Gasteiger partial charge in [-0.2, -0.15) is 0 Å². The lowest BCUT2D eigenvalue weighted by Crippen LogP contribution is -2.29. The summed E-state index contributed by atoms with van der Waals surface area (Å²) in [4.78, 5) is 15.3. The van der Waals surface area contributed by atoms with Crippen molar-refractivity contribution in [1.29, 1.82) is 0 Å². The normalized spacial score (nSPS) is 15.8. The second-order valence-corrected chi connectivity index (χ2v) is 4.64. The zero-order chi connectivity index (χ0) is 12.3. The minimum atomic E-state index is 0.0655. The molecule has 1 aromatic carbocycles. The van der Waals surface area contributed by atoms with E-state index in [4.69, 9.17) is 0 Å². The average Bonchev–Trinajstić information content (AvgIpc) is 2.39. The number of benzene rings is 1. The van der Waals surface area contributed by atoms with Gasteiger partial charge in [0.25, 0.3) is 0 Å². The Morgan fingerprint density at radius 1 is 1.12 bits per heavy atom. The van der Waals surface area contributed by atoms with Crippen LogP contribution in [-0.4, -0.2) is 26.0 Å². The standard InChI is InChI=1S/C14H20N2O/c1-12(17)15(2)13-6-8-14(9-7-13)16-10-4-3-5-11-16/h6-9H,3-5,10-11H2,1-2H3. The fraction of sp³-hybridized carbons (Fsp3) is 0.500. The van der Waals surface area contributed by atoms with E-state index in [2.05, 4.69) is 17.0 Å². The van der Waals surface area contributed by atoms with Crippen LogP contribution in [0.3, 0.4) is 0 Å². The maximum Gasteiger partial charge on any atom is 0.223 e. The molecule has 0 bridgehead atoms. The van der Waals surface area contributed by atoms with Crippen molar-refractivity contribution < 1.29 is 4.79 Å². The molecule has 2 rings (SSSR count). The van der Waals surface area contributed by atoms with Crippen LogP contribution in [0.5, 0.6) is 0 Å². The summed E-state index contributed by atoms with van der Waals surface area (Å²) < 4.78 is 0. The molecule has 3 heteroatoms. The fourth-order valence-corrected chi connectivity index (χ4v) is 2.22. The zero-order valence-electron chi connectivity index (χ0n) is 10.6. The lowest BCUT2D eigenvalue weighted by atomic mass is 10.1. The van der Waals surface area contributed by atoms with E-state index in [1.165, 1.54) is 24.9 Å². The first-order valence-corrected chi connectivity index (χ1v) is 6.28. The lowest BCUT2D eigenvalue weighted by Gasteiger charge is -2.29. The third kappa shape index (κ3) is 2.78. The third-order valence-electron chi connectivity index (χ3n) is 3.43. The van der Waals surface area contributed by atoms with Crippen molar-refractivity contribution in [2.75, 3.05) is 29.9 Å². The maximum absolute atomic E-state index is 11.2. The number of hydrogen-bond acceptors (Lipinski definition) is 2. The van der Waals surface area contributed by atoms with Gasteiger partial charge in [0.15, 0.2) is 0 Å². The maximum atomic E-state index is 11.2. The van der Waals surface area contributed by atoms with Gasteiger partial charge in [-0.3, -0.25) is 4.79 Å². The van der Waals surface area contributed by atoms with Crippen LogP contribution in [0.25, 0.3) is 0 Å². The smallest absolute Gasteiger partial charge is 0.223 e. The van der Waals surface area contributed by atoms with Gasteiger partial charge in [0.1, 0.15) is 0 Å². The van der Waals surface area contributed by atoms with E-state index in [0.29, 0.717) is 0 Å². The Kier molecular flexibility index (Phi) is 3.67. The Hall–Kier alpha value is -1.51. The molecule has 3 nitrogen and oxygen atoms in total. The Morgan fingerprint density at radius 2 is 1.71 bits per heavy atom. The van der Waals surface area contributed by atoms with Gasteiger partial charge in [-0.1, -0.05) is 0 Å². The molecule has 1 amide bonds. The van der Waals surface area contributed by atoms with Gasteiger partial charge in [-0.15, -0.1) is 0 Å². The molecular weight excluding hydrogens is 212 g/mol. The van der Waals surface area contributed by atoms with Crippen molar-refractivity contribution in [2.45, 2.75) is 26.2 Å². The number of anilines is 2. The molecule has 0 aromatic heterocycles. The highest BCUT2D eigenvalue weighted by Crippen LogP contribution is 2.23. The van der Waals surface area contributed by atoms with Gasteiger partial charge in [-0.05, 0) is 43.5 Å². The van der Waals surface area contributed by atoms with Gasteiger partial charge in [-0.25, -0.2) is 0 Å². The molecule has 1 aliphatic rings. The number of nitrogens with zero attached hydrogens (tertiary/aromatic N) is 2. The topological polar surface area (TPSA) is 23.6 Å². The Morgan fingerprint density at radius 3 is 2.24 bits per heavy atom. The van der Waals surface area contributed by atoms with Crippen LogP contribution in [0.15, 0.2) is 24.3 Å². The number of amides is 1. The number of carbonyl (C=O) groups excluding carboxylic acids is 1. The molecule has 17 heavy (non-hydrogen) atoms. The van der Waals surface area contributed by atoms with Crippen LogP contribution in [-0.2, 0) is 4.79 Å². The minimum absolute atomic E-state index is 0.0655. The molecule has 0 N–H and O–H groups in total. The first kappa shape index (κ1) is 12.0.